The van der Waals surface area contributed by atoms with Crippen LogP contribution in [-0.2, 0) is 4.79 Å². The molecule has 0 saturated carbocycles. The molecule has 1 saturated heterocycles. The van der Waals surface area contributed by atoms with Crippen LogP contribution in [0.3, 0.4) is 0 Å². The van der Waals surface area contributed by atoms with Crippen molar-refractivity contribution in [2.45, 2.75) is 18.9 Å². The monoisotopic (exact) mass is 499 g/mol. The first-order valence-corrected chi connectivity index (χ1v) is 11.2. The van der Waals surface area contributed by atoms with E-state index in [0.717, 1.165) is 18.2 Å². The number of nitrogen functional groups attached to an aromatic ring is 1. The average Bonchev–Trinajstić information content (AvgIpc) is 3.22. The number of rotatable bonds is 7. The van der Waals surface area contributed by atoms with Gasteiger partial charge in [-0.05, 0) is 55.3 Å². The zero-order valence-corrected chi connectivity index (χ0v) is 19.2. The Morgan fingerprint density at radius 2 is 1.92 bits per heavy atom. The minimum atomic E-state index is -0.846. The van der Waals surface area contributed by atoms with E-state index in [4.69, 9.17) is 16.2 Å². The molecule has 4 rings (SSSR count). The maximum absolute atomic E-state index is 13.9. The number of carbonyl (C=O) groups excluding carboxylic acids is 2. The molecule has 1 aliphatic rings. The number of aromatic nitrogens is 2. The molecule has 1 atom stereocenters. The van der Waals surface area contributed by atoms with Crippen LogP contribution in [0.5, 0.6) is 11.5 Å². The number of ether oxygens (including phenoxy) is 1. The van der Waals surface area contributed by atoms with Crippen LogP contribution in [0.25, 0.3) is 11.3 Å². The molecule has 8 nitrogen and oxygen atoms in total. The number of likely N-dealkylation sites (tertiary alicyclic amines) is 1. The molecule has 11 heteroatoms. The molecule has 2 amide bonds. The molecule has 36 heavy (non-hydrogen) atoms. The number of alkyl halides is 1. The molecule has 1 aliphatic heterocycles. The minimum Gasteiger partial charge on any atom is -0.454 e. The van der Waals surface area contributed by atoms with Gasteiger partial charge in [0.05, 0.1) is 6.04 Å². The third-order valence-electron chi connectivity index (χ3n) is 5.85. The van der Waals surface area contributed by atoms with E-state index in [1.165, 1.54) is 29.0 Å². The van der Waals surface area contributed by atoms with Gasteiger partial charge < -0.3 is 21.1 Å². The van der Waals surface area contributed by atoms with Crippen LogP contribution in [0.4, 0.5) is 19.0 Å². The molecule has 4 N–H and O–H groups in total. The van der Waals surface area contributed by atoms with Gasteiger partial charge in [-0.15, -0.1) is 0 Å². The predicted octanol–water partition coefficient (Wildman–Crippen LogP) is 3.99. The molecular formula is C25H24F3N5O3. The maximum Gasteiger partial charge on any atom is 0.254 e. The predicted molar refractivity (Wildman–Crippen MR) is 127 cm³/mol. The van der Waals surface area contributed by atoms with Crippen molar-refractivity contribution in [1.82, 2.24) is 14.7 Å². The van der Waals surface area contributed by atoms with E-state index in [-0.39, 0.29) is 47.1 Å². The van der Waals surface area contributed by atoms with Crippen molar-refractivity contribution < 1.29 is 27.5 Å². The maximum atomic E-state index is 13.9. The summed E-state index contributed by atoms with van der Waals surface area (Å²) in [5, 5.41) is 4.55. The lowest BCUT2D eigenvalue weighted by Gasteiger charge is -2.32. The summed E-state index contributed by atoms with van der Waals surface area (Å²) in [6, 6.07) is 8.96. The number of primary amides is 1. The number of benzene rings is 2. The molecule has 0 bridgehead atoms. The summed E-state index contributed by atoms with van der Waals surface area (Å²) in [6.45, 7) is 0.0664. The zero-order valence-electron chi connectivity index (χ0n) is 19.2. The Labute approximate surface area is 204 Å². The first-order valence-electron chi connectivity index (χ1n) is 11.2. The van der Waals surface area contributed by atoms with E-state index >= 15 is 0 Å². The van der Waals surface area contributed by atoms with Gasteiger partial charge in [0, 0.05) is 30.8 Å². The molecular weight excluding hydrogens is 475 g/mol. The quantitative estimate of drug-likeness (QED) is 0.477. The normalized spacial score (nSPS) is 15.9. The number of nitrogens with zero attached hydrogens (tertiary/aromatic N) is 3. The number of allylic oxidation sites excluding steroid dienone is 1. The Morgan fingerprint density at radius 3 is 2.58 bits per heavy atom. The summed E-state index contributed by atoms with van der Waals surface area (Å²) in [5.74, 6) is -2.44. The second-order valence-electron chi connectivity index (χ2n) is 8.26. The molecule has 2 aromatic carbocycles. The number of nitrogens with two attached hydrogens (primary N) is 2. The molecule has 0 aliphatic carbocycles. The van der Waals surface area contributed by atoms with Crippen LogP contribution in [-0.4, -0.2) is 46.3 Å². The van der Waals surface area contributed by atoms with Crippen molar-refractivity contribution in [2.24, 2.45) is 5.73 Å². The van der Waals surface area contributed by atoms with Crippen molar-refractivity contribution in [3.8, 4) is 22.8 Å². The third-order valence-corrected chi connectivity index (χ3v) is 5.85. The highest BCUT2D eigenvalue weighted by molar-refractivity contribution is 6.03. The SMILES string of the molecule is NC(=O)c1c(-c2ccc(Oc3ccc(F)cc3F)cc2)nn([C@@H]2CCCN(C(=O)C=CCF)C2)c1N. The van der Waals surface area contributed by atoms with Crippen LogP contribution >= 0.6 is 0 Å². The van der Waals surface area contributed by atoms with Gasteiger partial charge in [0.25, 0.3) is 5.91 Å². The zero-order chi connectivity index (χ0) is 25.8. The highest BCUT2D eigenvalue weighted by atomic mass is 19.1. The average molecular weight is 499 g/mol. The lowest BCUT2D eigenvalue weighted by atomic mass is 10.1. The Morgan fingerprint density at radius 1 is 1.17 bits per heavy atom. The first-order chi connectivity index (χ1) is 17.3. The van der Waals surface area contributed by atoms with E-state index in [1.807, 2.05) is 0 Å². The molecule has 0 unspecified atom stereocenters. The second kappa shape index (κ2) is 10.5. The Hall–Kier alpha value is -4.28. The fourth-order valence-electron chi connectivity index (χ4n) is 4.14. The fourth-order valence-corrected chi connectivity index (χ4v) is 4.14. The van der Waals surface area contributed by atoms with Gasteiger partial charge in [-0.3, -0.25) is 9.59 Å². The first kappa shape index (κ1) is 24.8. The number of halogens is 3. The second-order valence-corrected chi connectivity index (χ2v) is 8.26. The largest absolute Gasteiger partial charge is 0.454 e. The van der Waals surface area contributed by atoms with Crippen molar-refractivity contribution in [3.05, 3.63) is 71.8 Å². The number of hydrogen-bond donors (Lipinski definition) is 2. The van der Waals surface area contributed by atoms with E-state index in [2.05, 4.69) is 5.10 Å². The molecule has 1 aromatic heterocycles. The van der Waals surface area contributed by atoms with Gasteiger partial charge in [0.15, 0.2) is 11.6 Å². The van der Waals surface area contributed by atoms with E-state index in [1.54, 1.807) is 17.0 Å². The van der Waals surface area contributed by atoms with Gasteiger partial charge in [-0.2, -0.15) is 5.10 Å². The van der Waals surface area contributed by atoms with Crippen molar-refractivity contribution in [2.75, 3.05) is 25.5 Å². The molecule has 0 radical (unpaired) electrons. The lowest BCUT2D eigenvalue weighted by molar-refractivity contribution is -0.127. The standard InChI is InChI=1S/C25H24F3N5O3/c26-11-1-4-21(34)32-12-2-3-17(14-32)33-24(29)22(25(30)35)23(31-33)15-5-8-18(9-6-15)36-20-10-7-16(27)13-19(20)28/h1,4-10,13,17H,2-3,11-12,14,29H2,(H2,30,35)/t17-/m1/s1. The molecule has 188 valence electrons. The van der Waals surface area contributed by atoms with Crippen LogP contribution in [0.15, 0.2) is 54.6 Å². The summed E-state index contributed by atoms with van der Waals surface area (Å²) in [7, 11) is 0. The smallest absolute Gasteiger partial charge is 0.254 e. The van der Waals surface area contributed by atoms with Gasteiger partial charge in [0.2, 0.25) is 5.91 Å². The third kappa shape index (κ3) is 5.19. The van der Waals surface area contributed by atoms with Crippen LogP contribution in [0.2, 0.25) is 0 Å². The molecule has 0 spiro atoms. The number of amides is 2. The van der Waals surface area contributed by atoms with Crippen molar-refractivity contribution in [3.63, 3.8) is 0 Å². The number of hydrogen-bond acceptors (Lipinski definition) is 5. The molecule has 1 fully saturated rings. The number of carbonyl (C=O) groups is 2. The van der Waals surface area contributed by atoms with Gasteiger partial charge >= 0.3 is 0 Å². The fraction of sp³-hybridized carbons (Fsp3) is 0.240. The minimum absolute atomic E-state index is 0.0361. The Kier molecular flexibility index (Phi) is 7.28. The van der Waals surface area contributed by atoms with Crippen molar-refractivity contribution >= 4 is 17.6 Å². The number of anilines is 1. The van der Waals surface area contributed by atoms with E-state index < -0.39 is 24.2 Å². The summed E-state index contributed by atoms with van der Waals surface area (Å²) in [5.41, 5.74) is 12.7. The van der Waals surface area contributed by atoms with E-state index in [9.17, 15) is 22.8 Å². The summed E-state index contributed by atoms with van der Waals surface area (Å²) < 4.78 is 46.4. The summed E-state index contributed by atoms with van der Waals surface area (Å²) in [4.78, 5) is 26.1. The number of piperidine rings is 1. The topological polar surface area (TPSA) is 116 Å². The van der Waals surface area contributed by atoms with Crippen LogP contribution in [0.1, 0.15) is 29.2 Å². The highest BCUT2D eigenvalue weighted by Gasteiger charge is 2.29. The van der Waals surface area contributed by atoms with Crippen LogP contribution < -0.4 is 16.2 Å². The highest BCUT2D eigenvalue weighted by Crippen LogP contribution is 2.33. The van der Waals surface area contributed by atoms with Gasteiger partial charge in [-0.25, -0.2) is 17.9 Å². The van der Waals surface area contributed by atoms with Crippen molar-refractivity contribution in [1.29, 1.82) is 0 Å². The van der Waals surface area contributed by atoms with E-state index in [0.29, 0.717) is 24.9 Å². The van der Waals surface area contributed by atoms with Crippen LogP contribution in [0, 0.1) is 11.6 Å². The van der Waals surface area contributed by atoms with Gasteiger partial charge in [-0.1, -0.05) is 0 Å². The summed E-state index contributed by atoms with van der Waals surface area (Å²) in [6.07, 6.45) is 3.68. The van der Waals surface area contributed by atoms with Gasteiger partial charge in [0.1, 0.15) is 35.3 Å². The Balaban J connectivity index is 1.60. The molecule has 2 heterocycles. The Bertz CT molecular complexity index is 1310. The molecule has 3 aromatic rings. The lowest BCUT2D eigenvalue weighted by Crippen LogP contribution is -2.40. The summed E-state index contributed by atoms with van der Waals surface area (Å²) >= 11 is 0.